The molecule has 0 aliphatic carbocycles. The summed E-state index contributed by atoms with van der Waals surface area (Å²) in [7, 11) is 0. The third-order valence-electron chi connectivity index (χ3n) is 5.41. The molecular formula is C25H20ClN5O4. The van der Waals surface area contributed by atoms with Gasteiger partial charge in [-0.3, -0.25) is 14.5 Å². The van der Waals surface area contributed by atoms with Crippen LogP contribution in [0, 0.1) is 0 Å². The smallest absolute Gasteiger partial charge is 0.251 e. The van der Waals surface area contributed by atoms with Crippen LogP contribution in [0.3, 0.4) is 0 Å². The first-order chi connectivity index (χ1) is 17.1. The third kappa shape index (κ3) is 4.80. The molecule has 0 radical (unpaired) electrons. The Morgan fingerprint density at radius 3 is 2.49 bits per heavy atom. The van der Waals surface area contributed by atoms with Crippen molar-refractivity contribution in [3.63, 3.8) is 0 Å². The monoisotopic (exact) mass is 489 g/mol. The summed E-state index contributed by atoms with van der Waals surface area (Å²) < 4.78 is 12.4. The van der Waals surface area contributed by atoms with Crippen molar-refractivity contribution in [2.24, 2.45) is 0 Å². The van der Waals surface area contributed by atoms with Crippen LogP contribution in [0.1, 0.15) is 17.6 Å². The average molecular weight is 490 g/mol. The number of carbonyl (C=O) groups excluding carboxylic acids is 2. The molecule has 0 aliphatic rings. The van der Waals surface area contributed by atoms with Crippen LogP contribution >= 0.6 is 11.6 Å². The molecule has 2 amide bonds. The van der Waals surface area contributed by atoms with Crippen LogP contribution in [0.15, 0.2) is 94.2 Å². The summed E-state index contributed by atoms with van der Waals surface area (Å²) in [6.45, 7) is 0.00517. The van der Waals surface area contributed by atoms with Gasteiger partial charge in [-0.15, -0.1) is 5.10 Å². The number of hydrogen-bond acceptors (Lipinski definition) is 6. The Labute approximate surface area is 204 Å². The minimum absolute atomic E-state index is 0.147. The number of carbonyl (C=O) groups is 2. The molecule has 1 atom stereocenters. The van der Waals surface area contributed by atoms with E-state index in [4.69, 9.17) is 20.4 Å². The number of nitrogens with zero attached hydrogens (tertiary/aromatic N) is 4. The molecule has 176 valence electrons. The third-order valence-corrected chi connectivity index (χ3v) is 5.67. The van der Waals surface area contributed by atoms with Gasteiger partial charge in [0.25, 0.3) is 5.91 Å². The highest BCUT2D eigenvalue weighted by molar-refractivity contribution is 6.30. The van der Waals surface area contributed by atoms with E-state index < -0.39 is 17.9 Å². The number of rotatable bonds is 8. The van der Waals surface area contributed by atoms with Gasteiger partial charge in [0, 0.05) is 10.7 Å². The van der Waals surface area contributed by atoms with Gasteiger partial charge in [0.1, 0.15) is 23.6 Å². The van der Waals surface area contributed by atoms with Crippen LogP contribution in [0.2, 0.25) is 5.02 Å². The normalized spacial score (nSPS) is 11.9. The van der Waals surface area contributed by atoms with E-state index in [1.165, 1.54) is 22.1 Å². The maximum Gasteiger partial charge on any atom is 0.251 e. The number of halogens is 1. The molecular weight excluding hydrogens is 470 g/mol. The van der Waals surface area contributed by atoms with Crippen LogP contribution in [-0.4, -0.2) is 26.8 Å². The first-order valence-electron chi connectivity index (χ1n) is 10.8. The van der Waals surface area contributed by atoms with Gasteiger partial charge < -0.3 is 14.2 Å². The van der Waals surface area contributed by atoms with Crippen molar-refractivity contribution < 1.29 is 18.4 Å². The molecule has 5 rings (SSSR count). The van der Waals surface area contributed by atoms with E-state index in [2.05, 4.69) is 15.6 Å². The molecule has 10 heteroatoms. The summed E-state index contributed by atoms with van der Waals surface area (Å²) in [6.07, 6.45) is 2.98. The van der Waals surface area contributed by atoms with E-state index in [1.807, 2.05) is 24.3 Å². The lowest BCUT2D eigenvalue weighted by Gasteiger charge is -2.30. The largest absolute Gasteiger partial charge is 0.467 e. The van der Waals surface area contributed by atoms with Gasteiger partial charge in [0.15, 0.2) is 6.04 Å². The molecule has 0 unspecified atom stereocenters. The minimum Gasteiger partial charge on any atom is -0.467 e. The molecule has 0 fully saturated rings. The van der Waals surface area contributed by atoms with Crippen molar-refractivity contribution in [3.8, 4) is 0 Å². The predicted octanol–water partition coefficient (Wildman–Crippen LogP) is 4.36. The zero-order valence-electron chi connectivity index (χ0n) is 18.4. The molecule has 2 aromatic carbocycles. The molecule has 1 N–H and O–H groups in total. The van der Waals surface area contributed by atoms with Gasteiger partial charge in [-0.05, 0) is 60.7 Å². The van der Waals surface area contributed by atoms with Crippen LogP contribution in [0.5, 0.6) is 0 Å². The Balaban J connectivity index is 1.51. The predicted molar refractivity (Wildman–Crippen MR) is 128 cm³/mol. The molecule has 0 saturated heterocycles. The van der Waals surface area contributed by atoms with Gasteiger partial charge in [0.2, 0.25) is 5.91 Å². The van der Waals surface area contributed by atoms with Crippen LogP contribution in [0.25, 0.3) is 11.0 Å². The molecule has 0 aliphatic heterocycles. The van der Waals surface area contributed by atoms with Crippen molar-refractivity contribution in [1.29, 1.82) is 0 Å². The molecule has 3 heterocycles. The highest BCUT2D eigenvalue weighted by Crippen LogP contribution is 2.30. The summed E-state index contributed by atoms with van der Waals surface area (Å²) in [5.41, 5.74) is 1.84. The lowest BCUT2D eigenvalue weighted by molar-refractivity contribution is -0.127. The Kier molecular flexibility index (Phi) is 6.32. The maximum atomic E-state index is 13.8. The first-order valence-corrected chi connectivity index (χ1v) is 11.2. The fraction of sp³-hybridized carbons (Fsp3) is 0.120. The molecule has 3 aromatic heterocycles. The van der Waals surface area contributed by atoms with Gasteiger partial charge in [-0.2, -0.15) is 0 Å². The van der Waals surface area contributed by atoms with Crippen molar-refractivity contribution >= 4 is 40.1 Å². The second-order valence-electron chi connectivity index (χ2n) is 7.69. The van der Waals surface area contributed by atoms with Crippen molar-refractivity contribution in [3.05, 3.63) is 102 Å². The first kappa shape index (κ1) is 22.4. The summed E-state index contributed by atoms with van der Waals surface area (Å²) in [6, 6.07) is 19.7. The highest BCUT2D eigenvalue weighted by atomic mass is 35.5. The van der Waals surface area contributed by atoms with Gasteiger partial charge in [-0.25, -0.2) is 4.68 Å². The fourth-order valence-electron chi connectivity index (χ4n) is 3.78. The number of para-hydroxylation sites is 1. The van der Waals surface area contributed by atoms with Crippen LogP contribution in [0.4, 0.5) is 5.69 Å². The Morgan fingerprint density at radius 1 is 0.971 bits per heavy atom. The summed E-state index contributed by atoms with van der Waals surface area (Å²) in [5.74, 6) is 0.0457. The van der Waals surface area contributed by atoms with Gasteiger partial charge in [-0.1, -0.05) is 28.9 Å². The van der Waals surface area contributed by atoms with E-state index >= 15 is 0 Å². The van der Waals surface area contributed by atoms with Crippen molar-refractivity contribution in [2.75, 3.05) is 4.90 Å². The number of benzene rings is 2. The van der Waals surface area contributed by atoms with Gasteiger partial charge >= 0.3 is 0 Å². The summed E-state index contributed by atoms with van der Waals surface area (Å²) in [5, 5.41) is 11.6. The second kappa shape index (κ2) is 9.86. The van der Waals surface area contributed by atoms with Crippen molar-refractivity contribution in [2.45, 2.75) is 19.1 Å². The minimum atomic E-state index is -1.09. The Hall–Kier alpha value is -4.37. The standard InChI is InChI=1S/C25H20ClN5O4/c26-17-9-11-18(12-10-17)31(23(32)16-30-21-7-2-1-6-20(21)28-29-30)24(22-8-4-14-35-22)25(33)27-15-19-5-3-13-34-19/h1-14,24H,15-16H2,(H,27,33)/t24-/m1/s1. The lowest BCUT2D eigenvalue weighted by atomic mass is 10.1. The molecule has 9 nitrogen and oxygen atoms in total. The molecule has 5 aromatic rings. The topological polar surface area (TPSA) is 106 Å². The molecule has 0 bridgehead atoms. The Morgan fingerprint density at radius 2 is 1.74 bits per heavy atom. The zero-order chi connectivity index (χ0) is 24.2. The maximum absolute atomic E-state index is 13.8. The van der Waals surface area contributed by atoms with E-state index in [0.29, 0.717) is 33.3 Å². The number of amides is 2. The summed E-state index contributed by atoms with van der Waals surface area (Å²) in [4.78, 5) is 28.6. The fourth-order valence-corrected chi connectivity index (χ4v) is 3.91. The second-order valence-corrected chi connectivity index (χ2v) is 8.13. The molecule has 35 heavy (non-hydrogen) atoms. The zero-order valence-corrected chi connectivity index (χ0v) is 19.1. The Bertz CT molecular complexity index is 1430. The number of anilines is 1. The number of nitrogens with one attached hydrogen (secondary N) is 1. The van der Waals surface area contributed by atoms with Crippen LogP contribution in [-0.2, 0) is 22.7 Å². The molecule has 0 saturated carbocycles. The number of fused-ring (bicyclic) bond motifs is 1. The quantitative estimate of drug-likeness (QED) is 0.347. The van der Waals surface area contributed by atoms with E-state index in [0.717, 1.165) is 0 Å². The average Bonchev–Trinajstić information content (AvgIpc) is 3.65. The van der Waals surface area contributed by atoms with E-state index in [1.54, 1.807) is 48.5 Å². The number of aromatic nitrogens is 3. The van der Waals surface area contributed by atoms with Crippen LogP contribution < -0.4 is 10.2 Å². The lowest BCUT2D eigenvalue weighted by Crippen LogP contribution is -2.45. The molecule has 0 spiro atoms. The van der Waals surface area contributed by atoms with E-state index in [9.17, 15) is 9.59 Å². The summed E-state index contributed by atoms with van der Waals surface area (Å²) >= 11 is 6.09. The highest BCUT2D eigenvalue weighted by Gasteiger charge is 2.35. The number of hydrogen-bond donors (Lipinski definition) is 1. The van der Waals surface area contributed by atoms with Gasteiger partial charge in [0.05, 0.1) is 24.6 Å². The number of furan rings is 2. The van der Waals surface area contributed by atoms with Crippen molar-refractivity contribution in [1.82, 2.24) is 20.3 Å². The van der Waals surface area contributed by atoms with E-state index in [-0.39, 0.29) is 13.1 Å². The SMILES string of the molecule is O=C(NCc1ccco1)[C@@H](c1ccco1)N(C(=O)Cn1nnc2ccccc21)c1ccc(Cl)cc1.